The molecule has 0 saturated carbocycles. The lowest BCUT2D eigenvalue weighted by atomic mass is 10.2. The monoisotopic (exact) mass is 180 g/mol. The molecule has 1 N–H and O–H groups in total. The van der Waals surface area contributed by atoms with Crippen LogP contribution in [0.15, 0.2) is 11.8 Å². The zero-order valence-electron chi connectivity index (χ0n) is 7.54. The number of amides is 1. The van der Waals surface area contributed by atoms with E-state index in [4.69, 9.17) is 10.00 Å². The number of carbonyl (C=O) groups is 1. The predicted molar refractivity (Wildman–Crippen MR) is 46.5 cm³/mol. The number of nitrogens with one attached hydrogen (secondary N) is 1. The minimum atomic E-state index is -0.473. The molecule has 1 aliphatic heterocycles. The fourth-order valence-corrected chi connectivity index (χ4v) is 1.02. The number of allylic oxidation sites excluding steroid dienone is 1. The molecular formula is C9H12N2O2. The predicted octanol–water partition coefficient (Wildman–Crippen LogP) is 0.709. The lowest BCUT2D eigenvalue weighted by Crippen LogP contribution is -2.33. The van der Waals surface area contributed by atoms with Gasteiger partial charge in [-0.3, -0.25) is 4.79 Å². The van der Waals surface area contributed by atoms with E-state index in [2.05, 4.69) is 5.32 Å². The average Bonchev–Trinajstić information content (AvgIpc) is 2.19. The van der Waals surface area contributed by atoms with Crippen LogP contribution >= 0.6 is 0 Å². The zero-order valence-corrected chi connectivity index (χ0v) is 7.54. The van der Waals surface area contributed by atoms with Crippen molar-refractivity contribution in [1.29, 1.82) is 5.26 Å². The van der Waals surface area contributed by atoms with Gasteiger partial charge in [0.05, 0.1) is 12.7 Å². The van der Waals surface area contributed by atoms with E-state index in [-0.39, 0.29) is 5.91 Å². The van der Waals surface area contributed by atoms with Crippen LogP contribution in [0.1, 0.15) is 19.8 Å². The van der Waals surface area contributed by atoms with Crippen molar-refractivity contribution in [1.82, 2.24) is 5.32 Å². The highest BCUT2D eigenvalue weighted by Gasteiger charge is 2.15. The molecule has 0 aliphatic carbocycles. The number of ether oxygens (including phenoxy) is 1. The summed E-state index contributed by atoms with van der Waals surface area (Å²) in [5.74, 6) is 0.0436. The highest BCUT2D eigenvalue weighted by molar-refractivity contribution is 5.91. The van der Waals surface area contributed by atoms with Gasteiger partial charge in [-0.1, -0.05) is 0 Å². The van der Waals surface area contributed by atoms with Crippen LogP contribution < -0.4 is 5.32 Å². The van der Waals surface area contributed by atoms with Crippen molar-refractivity contribution < 1.29 is 9.53 Å². The Balaban J connectivity index is 2.48. The van der Waals surface area contributed by atoms with E-state index in [0.717, 1.165) is 12.8 Å². The van der Waals surface area contributed by atoms with Crippen molar-refractivity contribution in [3.8, 4) is 6.07 Å². The highest BCUT2D eigenvalue weighted by Crippen LogP contribution is 2.09. The Morgan fingerprint density at radius 2 is 2.62 bits per heavy atom. The van der Waals surface area contributed by atoms with Gasteiger partial charge in [0, 0.05) is 0 Å². The number of rotatable bonds is 2. The normalized spacial score (nSPS) is 17.7. The van der Waals surface area contributed by atoms with E-state index in [1.54, 1.807) is 13.0 Å². The lowest BCUT2D eigenvalue weighted by Gasteiger charge is -2.14. The standard InChI is InChI=1S/C9H12N2O2/c1-7(6-10)11-9(12)8-4-2-3-5-13-8/h4,7H,2-3,5H2,1H3,(H,11,12)/t7-/m0/s1. The third kappa shape index (κ3) is 2.79. The van der Waals surface area contributed by atoms with Gasteiger partial charge in [-0.25, -0.2) is 0 Å². The quantitative estimate of drug-likeness (QED) is 0.680. The van der Waals surface area contributed by atoms with E-state index >= 15 is 0 Å². The van der Waals surface area contributed by atoms with Gasteiger partial charge in [0.25, 0.3) is 5.91 Å². The number of nitrogens with zero attached hydrogens (tertiary/aromatic N) is 1. The maximum absolute atomic E-state index is 11.3. The van der Waals surface area contributed by atoms with Gasteiger partial charge >= 0.3 is 0 Å². The summed E-state index contributed by atoms with van der Waals surface area (Å²) >= 11 is 0. The van der Waals surface area contributed by atoms with Gasteiger partial charge < -0.3 is 10.1 Å². The van der Waals surface area contributed by atoms with Crippen LogP contribution in [-0.2, 0) is 9.53 Å². The van der Waals surface area contributed by atoms with E-state index in [1.165, 1.54) is 0 Å². The minimum absolute atomic E-state index is 0.297. The zero-order chi connectivity index (χ0) is 9.68. The molecule has 1 rings (SSSR count). The van der Waals surface area contributed by atoms with Gasteiger partial charge in [0.1, 0.15) is 6.04 Å². The molecule has 1 aliphatic rings. The maximum Gasteiger partial charge on any atom is 0.287 e. The fourth-order valence-electron chi connectivity index (χ4n) is 1.02. The fraction of sp³-hybridized carbons (Fsp3) is 0.556. The Bertz CT molecular complexity index is 265. The summed E-state index contributed by atoms with van der Waals surface area (Å²) in [4.78, 5) is 11.3. The first kappa shape index (κ1) is 9.59. The van der Waals surface area contributed by atoms with Crippen LogP contribution in [0.4, 0.5) is 0 Å². The summed E-state index contributed by atoms with van der Waals surface area (Å²) < 4.78 is 5.12. The van der Waals surface area contributed by atoms with E-state index in [1.807, 2.05) is 6.07 Å². The Morgan fingerprint density at radius 3 is 3.15 bits per heavy atom. The molecule has 0 aromatic rings. The van der Waals surface area contributed by atoms with Gasteiger partial charge in [0.2, 0.25) is 0 Å². The molecule has 0 spiro atoms. The topological polar surface area (TPSA) is 62.1 Å². The van der Waals surface area contributed by atoms with Crippen molar-refractivity contribution in [3.63, 3.8) is 0 Å². The third-order valence-electron chi connectivity index (χ3n) is 1.70. The molecule has 0 aromatic heterocycles. The van der Waals surface area contributed by atoms with Gasteiger partial charge in [-0.2, -0.15) is 5.26 Å². The lowest BCUT2D eigenvalue weighted by molar-refractivity contribution is -0.121. The van der Waals surface area contributed by atoms with Crippen LogP contribution in [0.3, 0.4) is 0 Å². The van der Waals surface area contributed by atoms with Crippen molar-refractivity contribution in [2.75, 3.05) is 6.61 Å². The minimum Gasteiger partial charge on any atom is -0.488 e. The molecule has 1 heterocycles. The number of hydrogen-bond acceptors (Lipinski definition) is 3. The Hall–Kier alpha value is -1.50. The number of carbonyl (C=O) groups excluding carboxylic acids is 1. The molecule has 0 unspecified atom stereocenters. The Kier molecular flexibility index (Phi) is 3.32. The average molecular weight is 180 g/mol. The molecule has 70 valence electrons. The second kappa shape index (κ2) is 4.51. The summed E-state index contributed by atoms with van der Waals surface area (Å²) in [6.07, 6.45) is 3.57. The summed E-state index contributed by atoms with van der Waals surface area (Å²) in [5, 5.41) is 11.0. The van der Waals surface area contributed by atoms with Gasteiger partial charge in [-0.15, -0.1) is 0 Å². The van der Waals surface area contributed by atoms with E-state index in [9.17, 15) is 4.79 Å². The summed E-state index contributed by atoms with van der Waals surface area (Å²) in [6.45, 7) is 2.21. The molecule has 4 nitrogen and oxygen atoms in total. The van der Waals surface area contributed by atoms with Gasteiger partial charge in [-0.05, 0) is 25.8 Å². The van der Waals surface area contributed by atoms with Crippen molar-refractivity contribution in [2.24, 2.45) is 0 Å². The SMILES string of the molecule is C[C@@H](C#N)NC(=O)C1=CCCCO1. The van der Waals surface area contributed by atoms with Crippen LogP contribution in [0.2, 0.25) is 0 Å². The summed E-state index contributed by atoms with van der Waals surface area (Å²) in [6, 6.07) is 1.45. The summed E-state index contributed by atoms with van der Waals surface area (Å²) in [5.41, 5.74) is 0. The molecular weight excluding hydrogens is 168 g/mol. The molecule has 1 atom stereocenters. The molecule has 0 radical (unpaired) electrons. The van der Waals surface area contributed by atoms with Gasteiger partial charge in [0.15, 0.2) is 5.76 Å². The molecule has 0 fully saturated rings. The maximum atomic E-state index is 11.3. The second-order valence-corrected chi connectivity index (χ2v) is 2.88. The summed E-state index contributed by atoms with van der Waals surface area (Å²) in [7, 11) is 0. The second-order valence-electron chi connectivity index (χ2n) is 2.88. The van der Waals surface area contributed by atoms with Crippen LogP contribution in [-0.4, -0.2) is 18.6 Å². The first-order chi connectivity index (χ1) is 6.24. The number of hydrogen-bond donors (Lipinski definition) is 1. The third-order valence-corrected chi connectivity index (χ3v) is 1.70. The largest absolute Gasteiger partial charge is 0.488 e. The highest BCUT2D eigenvalue weighted by atomic mass is 16.5. The van der Waals surface area contributed by atoms with Crippen molar-refractivity contribution in [2.45, 2.75) is 25.8 Å². The van der Waals surface area contributed by atoms with Crippen molar-refractivity contribution >= 4 is 5.91 Å². The first-order valence-corrected chi connectivity index (χ1v) is 4.27. The van der Waals surface area contributed by atoms with Crippen LogP contribution in [0.5, 0.6) is 0 Å². The molecule has 4 heteroatoms. The molecule has 13 heavy (non-hydrogen) atoms. The molecule has 0 bridgehead atoms. The molecule has 1 amide bonds. The van der Waals surface area contributed by atoms with E-state index < -0.39 is 6.04 Å². The molecule has 0 saturated heterocycles. The van der Waals surface area contributed by atoms with Crippen LogP contribution in [0.25, 0.3) is 0 Å². The van der Waals surface area contributed by atoms with Crippen molar-refractivity contribution in [3.05, 3.63) is 11.8 Å². The Morgan fingerprint density at radius 1 is 1.85 bits per heavy atom. The molecule has 0 aromatic carbocycles. The van der Waals surface area contributed by atoms with Crippen LogP contribution in [0, 0.1) is 11.3 Å². The number of nitriles is 1. The first-order valence-electron chi connectivity index (χ1n) is 4.27. The van der Waals surface area contributed by atoms with E-state index in [0.29, 0.717) is 12.4 Å². The Labute approximate surface area is 77.2 Å². The smallest absolute Gasteiger partial charge is 0.287 e.